The Labute approximate surface area is 96.2 Å². The second-order valence-electron chi connectivity index (χ2n) is 2.42. The fraction of sp³-hybridized carbons (Fsp3) is 0. The van der Waals surface area contributed by atoms with Crippen molar-refractivity contribution in [3.05, 3.63) is 28.2 Å². The summed E-state index contributed by atoms with van der Waals surface area (Å²) in [4.78, 5) is 10.5. The summed E-state index contributed by atoms with van der Waals surface area (Å²) in [6.45, 7) is 0. The van der Waals surface area contributed by atoms with Crippen molar-refractivity contribution >= 4 is 52.0 Å². The lowest BCUT2D eigenvalue weighted by Gasteiger charge is -2.07. The van der Waals surface area contributed by atoms with Crippen molar-refractivity contribution < 1.29 is 4.79 Å². The highest BCUT2D eigenvalue weighted by Crippen LogP contribution is 2.29. The molecule has 0 aliphatic rings. The molecular formula is C8H6Cl2N2OS. The van der Waals surface area contributed by atoms with Crippen molar-refractivity contribution in [3.63, 3.8) is 0 Å². The van der Waals surface area contributed by atoms with E-state index >= 15 is 0 Å². The van der Waals surface area contributed by atoms with Gasteiger partial charge in [-0.1, -0.05) is 41.5 Å². The summed E-state index contributed by atoms with van der Waals surface area (Å²) in [5.41, 5.74) is 5.41. The molecule has 1 aromatic rings. The van der Waals surface area contributed by atoms with Gasteiger partial charge in [0.25, 0.3) is 5.91 Å². The van der Waals surface area contributed by atoms with Gasteiger partial charge in [-0.2, -0.15) is 0 Å². The number of thiocarbonyl (C=S) groups is 1. The van der Waals surface area contributed by atoms with Crippen LogP contribution in [-0.2, 0) is 4.79 Å². The molecule has 0 unspecified atom stereocenters. The van der Waals surface area contributed by atoms with Crippen molar-refractivity contribution in [1.82, 2.24) is 0 Å². The first-order valence-corrected chi connectivity index (χ1v) is 4.73. The fourth-order valence-electron chi connectivity index (χ4n) is 0.784. The van der Waals surface area contributed by atoms with Crippen LogP contribution in [0.5, 0.6) is 0 Å². The molecular weight excluding hydrogens is 243 g/mol. The summed E-state index contributed by atoms with van der Waals surface area (Å²) in [7, 11) is 0. The van der Waals surface area contributed by atoms with Gasteiger partial charge in [0.1, 0.15) is 0 Å². The Kier molecular flexibility index (Phi) is 3.69. The third-order valence-corrected chi connectivity index (χ3v) is 2.55. The van der Waals surface area contributed by atoms with Crippen molar-refractivity contribution in [2.24, 2.45) is 5.73 Å². The van der Waals surface area contributed by atoms with Gasteiger partial charge in [-0.25, -0.2) is 0 Å². The monoisotopic (exact) mass is 248 g/mol. The maximum atomic E-state index is 10.6. The van der Waals surface area contributed by atoms with E-state index in [1.54, 1.807) is 18.2 Å². The number of primary amides is 1. The molecule has 1 aromatic carbocycles. The summed E-state index contributed by atoms with van der Waals surface area (Å²) < 4.78 is 0. The Morgan fingerprint density at radius 2 is 2.07 bits per heavy atom. The number of nitrogens with two attached hydrogens (primary N) is 1. The van der Waals surface area contributed by atoms with Crippen LogP contribution >= 0.6 is 35.4 Å². The molecule has 1 amide bonds. The zero-order chi connectivity index (χ0) is 10.7. The van der Waals surface area contributed by atoms with Gasteiger partial charge in [0.2, 0.25) is 0 Å². The largest absolute Gasteiger partial charge is 0.364 e. The van der Waals surface area contributed by atoms with Gasteiger partial charge in [0, 0.05) is 0 Å². The second kappa shape index (κ2) is 4.59. The molecule has 0 heterocycles. The van der Waals surface area contributed by atoms with Crippen LogP contribution in [0.25, 0.3) is 0 Å². The third kappa shape index (κ3) is 2.57. The Morgan fingerprint density at radius 3 is 2.64 bits per heavy atom. The molecule has 0 aliphatic carbocycles. The zero-order valence-corrected chi connectivity index (χ0v) is 9.21. The molecule has 0 aliphatic heterocycles. The minimum Gasteiger partial charge on any atom is -0.364 e. The first-order valence-electron chi connectivity index (χ1n) is 3.57. The molecule has 0 radical (unpaired) electrons. The predicted molar refractivity (Wildman–Crippen MR) is 61.9 cm³/mol. The molecule has 0 fully saturated rings. The molecule has 0 spiro atoms. The number of nitrogens with one attached hydrogen (secondary N) is 1. The number of halogens is 2. The van der Waals surface area contributed by atoms with E-state index in [1.807, 2.05) is 0 Å². The molecule has 3 N–H and O–H groups in total. The number of benzene rings is 1. The highest BCUT2D eigenvalue weighted by Gasteiger charge is 2.08. The summed E-state index contributed by atoms with van der Waals surface area (Å²) in [6, 6.07) is 4.95. The smallest absolute Gasteiger partial charge is 0.276 e. The molecule has 14 heavy (non-hydrogen) atoms. The quantitative estimate of drug-likeness (QED) is 0.750. The van der Waals surface area contributed by atoms with Crippen LogP contribution < -0.4 is 11.1 Å². The number of anilines is 1. The predicted octanol–water partition coefficient (Wildman–Crippen LogP) is 2.22. The van der Waals surface area contributed by atoms with Gasteiger partial charge in [-0.05, 0) is 12.1 Å². The highest BCUT2D eigenvalue weighted by molar-refractivity contribution is 7.82. The SMILES string of the molecule is NC(=O)C(=S)Nc1cccc(Cl)c1Cl. The normalized spacial score (nSPS) is 9.57. The van der Waals surface area contributed by atoms with Gasteiger partial charge in [0.15, 0.2) is 4.99 Å². The molecule has 74 valence electrons. The van der Waals surface area contributed by atoms with Crippen LogP contribution in [0.2, 0.25) is 10.0 Å². The Hall–Kier alpha value is -0.840. The maximum Gasteiger partial charge on any atom is 0.276 e. The summed E-state index contributed by atoms with van der Waals surface area (Å²) in [5.74, 6) is -0.712. The summed E-state index contributed by atoms with van der Waals surface area (Å²) in [6.07, 6.45) is 0. The Balaban J connectivity index is 2.93. The molecule has 0 saturated carbocycles. The van der Waals surface area contributed by atoms with Crippen LogP contribution in [0.4, 0.5) is 5.69 Å². The van der Waals surface area contributed by atoms with E-state index in [0.29, 0.717) is 15.7 Å². The minimum absolute atomic E-state index is 0.103. The Bertz CT molecular complexity index is 395. The number of amides is 1. The van der Waals surface area contributed by atoms with Crippen LogP contribution in [0.3, 0.4) is 0 Å². The highest BCUT2D eigenvalue weighted by atomic mass is 35.5. The number of rotatable bonds is 1. The van der Waals surface area contributed by atoms with E-state index in [-0.39, 0.29) is 4.99 Å². The van der Waals surface area contributed by atoms with Crippen LogP contribution in [0.15, 0.2) is 18.2 Å². The van der Waals surface area contributed by atoms with Crippen molar-refractivity contribution in [1.29, 1.82) is 0 Å². The number of hydrogen-bond acceptors (Lipinski definition) is 2. The van der Waals surface area contributed by atoms with Crippen LogP contribution in [-0.4, -0.2) is 10.9 Å². The van der Waals surface area contributed by atoms with E-state index in [9.17, 15) is 4.79 Å². The lowest BCUT2D eigenvalue weighted by atomic mass is 10.3. The average Bonchev–Trinajstić information content (AvgIpc) is 2.12. The molecule has 0 bridgehead atoms. The first kappa shape index (κ1) is 11.2. The van der Waals surface area contributed by atoms with Crippen molar-refractivity contribution in [2.75, 3.05) is 5.32 Å². The second-order valence-corrected chi connectivity index (χ2v) is 3.61. The van der Waals surface area contributed by atoms with E-state index in [2.05, 4.69) is 17.5 Å². The van der Waals surface area contributed by atoms with Gasteiger partial charge < -0.3 is 11.1 Å². The molecule has 6 heteroatoms. The lowest BCUT2D eigenvalue weighted by Crippen LogP contribution is -2.27. The topological polar surface area (TPSA) is 55.1 Å². The number of hydrogen-bond donors (Lipinski definition) is 2. The van der Waals surface area contributed by atoms with E-state index in [4.69, 9.17) is 28.9 Å². The van der Waals surface area contributed by atoms with E-state index < -0.39 is 5.91 Å². The average molecular weight is 249 g/mol. The first-order chi connectivity index (χ1) is 6.52. The maximum absolute atomic E-state index is 10.6. The number of carbonyl (C=O) groups excluding carboxylic acids is 1. The van der Waals surface area contributed by atoms with Gasteiger partial charge in [-0.15, -0.1) is 0 Å². The zero-order valence-electron chi connectivity index (χ0n) is 6.88. The fourth-order valence-corrected chi connectivity index (χ4v) is 1.24. The third-order valence-electron chi connectivity index (χ3n) is 1.42. The number of carbonyl (C=O) groups is 1. The van der Waals surface area contributed by atoms with Gasteiger partial charge in [0.05, 0.1) is 15.7 Å². The lowest BCUT2D eigenvalue weighted by molar-refractivity contribution is -0.111. The Morgan fingerprint density at radius 1 is 1.43 bits per heavy atom. The molecule has 3 nitrogen and oxygen atoms in total. The van der Waals surface area contributed by atoms with Crippen molar-refractivity contribution in [3.8, 4) is 0 Å². The molecule has 0 aromatic heterocycles. The summed E-state index contributed by atoms with van der Waals surface area (Å²) in [5, 5.41) is 3.27. The molecule has 0 atom stereocenters. The standard InChI is InChI=1S/C8H6Cl2N2OS/c9-4-2-1-3-5(6(4)10)12-8(14)7(11)13/h1-3H,(H2,11,13)(H,12,14). The minimum atomic E-state index is -0.712. The van der Waals surface area contributed by atoms with Gasteiger partial charge >= 0.3 is 0 Å². The van der Waals surface area contributed by atoms with Crippen molar-refractivity contribution in [2.45, 2.75) is 0 Å². The van der Waals surface area contributed by atoms with E-state index in [0.717, 1.165) is 0 Å². The van der Waals surface area contributed by atoms with Crippen LogP contribution in [0, 0.1) is 0 Å². The van der Waals surface area contributed by atoms with E-state index in [1.165, 1.54) is 0 Å². The molecule has 0 saturated heterocycles. The molecule has 1 rings (SSSR count). The summed E-state index contributed by atoms with van der Waals surface area (Å²) >= 11 is 16.3. The van der Waals surface area contributed by atoms with Crippen LogP contribution in [0.1, 0.15) is 0 Å². The van der Waals surface area contributed by atoms with Gasteiger partial charge in [-0.3, -0.25) is 4.79 Å².